The van der Waals surface area contributed by atoms with Crippen LogP contribution < -0.4 is 5.32 Å². The fourth-order valence-corrected chi connectivity index (χ4v) is 5.49. The Labute approximate surface area is 135 Å². The molecule has 2 atom stereocenters. The summed E-state index contributed by atoms with van der Waals surface area (Å²) < 4.78 is 23.0. The van der Waals surface area contributed by atoms with E-state index in [1.807, 2.05) is 12.1 Å². The number of amides is 1. The number of aromatic amines is 1. The highest BCUT2D eigenvalue weighted by atomic mass is 32.2. The number of para-hydroxylation sites is 1. The molecule has 1 aromatic heterocycles. The molecule has 2 aliphatic rings. The predicted molar refractivity (Wildman–Crippen MR) is 89.0 cm³/mol. The molecule has 23 heavy (non-hydrogen) atoms. The Morgan fingerprint density at radius 3 is 2.83 bits per heavy atom. The molecule has 0 spiro atoms. The molecule has 0 saturated carbocycles. The van der Waals surface area contributed by atoms with E-state index in [9.17, 15) is 13.2 Å². The molecule has 5 nitrogen and oxygen atoms in total. The number of hydrogen-bond donors (Lipinski definition) is 2. The third-order valence-corrected chi connectivity index (χ3v) is 6.81. The molecule has 2 N–H and O–H groups in total. The number of hydrogen-bond acceptors (Lipinski definition) is 3. The number of aromatic nitrogens is 1. The lowest BCUT2D eigenvalue weighted by Gasteiger charge is -2.23. The topological polar surface area (TPSA) is 79.0 Å². The highest BCUT2D eigenvalue weighted by Gasteiger charge is 2.32. The second kappa shape index (κ2) is 5.37. The van der Waals surface area contributed by atoms with E-state index in [4.69, 9.17) is 0 Å². The van der Waals surface area contributed by atoms with Crippen molar-refractivity contribution in [3.63, 3.8) is 0 Å². The van der Waals surface area contributed by atoms with Gasteiger partial charge < -0.3 is 10.3 Å². The van der Waals surface area contributed by atoms with Gasteiger partial charge in [0.15, 0.2) is 9.84 Å². The first kappa shape index (κ1) is 14.8. The maximum absolute atomic E-state index is 12.5. The van der Waals surface area contributed by atoms with Crippen LogP contribution in [0.5, 0.6) is 0 Å². The Hall–Kier alpha value is -1.82. The van der Waals surface area contributed by atoms with E-state index >= 15 is 0 Å². The van der Waals surface area contributed by atoms with E-state index in [1.165, 1.54) is 16.6 Å². The van der Waals surface area contributed by atoms with Crippen molar-refractivity contribution in [3.05, 3.63) is 35.5 Å². The second-order valence-corrected chi connectivity index (χ2v) is 8.90. The molecule has 1 amide bonds. The van der Waals surface area contributed by atoms with Crippen LogP contribution in [0, 0.1) is 5.92 Å². The Morgan fingerprint density at radius 2 is 2.04 bits per heavy atom. The fraction of sp³-hybridized carbons (Fsp3) is 0.471. The van der Waals surface area contributed by atoms with Crippen LogP contribution in [0.25, 0.3) is 10.9 Å². The van der Waals surface area contributed by atoms with Crippen LogP contribution in [-0.4, -0.2) is 36.9 Å². The summed E-state index contributed by atoms with van der Waals surface area (Å²) >= 11 is 0. The van der Waals surface area contributed by atoms with Gasteiger partial charge in [-0.3, -0.25) is 4.79 Å². The van der Waals surface area contributed by atoms with Gasteiger partial charge >= 0.3 is 0 Å². The maximum Gasteiger partial charge on any atom is 0.223 e. The van der Waals surface area contributed by atoms with Crippen LogP contribution >= 0.6 is 0 Å². The molecular weight excluding hydrogens is 312 g/mol. The smallest absolute Gasteiger partial charge is 0.223 e. The first-order valence-electron chi connectivity index (χ1n) is 8.11. The van der Waals surface area contributed by atoms with Gasteiger partial charge in [-0.15, -0.1) is 0 Å². The van der Waals surface area contributed by atoms with Gasteiger partial charge in [0.05, 0.1) is 11.5 Å². The van der Waals surface area contributed by atoms with E-state index in [2.05, 4.69) is 22.4 Å². The number of nitrogens with one attached hydrogen (secondary N) is 2. The number of aryl methyl sites for hydroxylation is 1. The van der Waals surface area contributed by atoms with Gasteiger partial charge in [0.1, 0.15) is 0 Å². The molecule has 1 aliphatic heterocycles. The van der Waals surface area contributed by atoms with E-state index in [1.54, 1.807) is 0 Å². The summed E-state index contributed by atoms with van der Waals surface area (Å²) in [4.78, 5) is 16.0. The minimum absolute atomic E-state index is 0.00281. The third kappa shape index (κ3) is 2.76. The number of sulfone groups is 1. The van der Waals surface area contributed by atoms with Crippen molar-refractivity contribution in [2.45, 2.75) is 31.7 Å². The molecule has 1 saturated heterocycles. The lowest BCUT2D eigenvalue weighted by Crippen LogP contribution is -2.41. The lowest BCUT2D eigenvalue weighted by atomic mass is 9.85. The highest BCUT2D eigenvalue weighted by molar-refractivity contribution is 7.91. The van der Waals surface area contributed by atoms with Crippen LogP contribution in [0.2, 0.25) is 0 Å². The summed E-state index contributed by atoms with van der Waals surface area (Å²) in [5, 5.41) is 4.14. The molecule has 1 aromatic carbocycles. The van der Waals surface area contributed by atoms with Crippen molar-refractivity contribution in [1.29, 1.82) is 0 Å². The monoisotopic (exact) mass is 332 g/mol. The van der Waals surface area contributed by atoms with Crippen molar-refractivity contribution in [3.8, 4) is 0 Å². The fourth-order valence-electron chi connectivity index (χ4n) is 3.82. The molecule has 6 heteroatoms. The van der Waals surface area contributed by atoms with Crippen LogP contribution in [0.15, 0.2) is 24.3 Å². The van der Waals surface area contributed by atoms with Gasteiger partial charge in [0.25, 0.3) is 0 Å². The average Bonchev–Trinajstić information content (AvgIpc) is 3.06. The van der Waals surface area contributed by atoms with Crippen molar-refractivity contribution >= 4 is 26.6 Å². The van der Waals surface area contributed by atoms with Gasteiger partial charge in [-0.2, -0.15) is 0 Å². The van der Waals surface area contributed by atoms with Gasteiger partial charge in [0.2, 0.25) is 5.91 Å². The van der Waals surface area contributed by atoms with Crippen molar-refractivity contribution in [2.75, 3.05) is 11.5 Å². The number of fused-ring (bicyclic) bond motifs is 3. The minimum Gasteiger partial charge on any atom is -0.358 e. The Morgan fingerprint density at radius 1 is 1.22 bits per heavy atom. The summed E-state index contributed by atoms with van der Waals surface area (Å²) in [6.07, 6.45) is 2.94. The number of H-pyrrole nitrogens is 1. The van der Waals surface area contributed by atoms with Crippen molar-refractivity contribution < 1.29 is 13.2 Å². The molecule has 4 rings (SSSR count). The van der Waals surface area contributed by atoms with E-state index in [0.29, 0.717) is 6.42 Å². The molecule has 2 heterocycles. The SMILES string of the molecule is O=C(NC1CCS(=O)(=O)C1)C1CCc2[nH]c3ccccc3c2C1. The summed E-state index contributed by atoms with van der Waals surface area (Å²) in [6.45, 7) is 0. The zero-order valence-electron chi connectivity index (χ0n) is 12.8. The van der Waals surface area contributed by atoms with Crippen LogP contribution in [-0.2, 0) is 27.5 Å². The van der Waals surface area contributed by atoms with Gasteiger partial charge in [-0.25, -0.2) is 8.42 Å². The Balaban J connectivity index is 1.50. The summed E-state index contributed by atoms with van der Waals surface area (Å²) in [5.74, 6) is 0.215. The normalized spacial score (nSPS) is 26.1. The van der Waals surface area contributed by atoms with Crippen molar-refractivity contribution in [2.24, 2.45) is 5.92 Å². The first-order valence-corrected chi connectivity index (χ1v) is 9.93. The summed E-state index contributed by atoms with van der Waals surface area (Å²) in [5.41, 5.74) is 3.60. The highest BCUT2D eigenvalue weighted by Crippen LogP contribution is 2.32. The molecule has 2 unspecified atom stereocenters. The summed E-state index contributed by atoms with van der Waals surface area (Å²) in [6, 6.07) is 7.97. The van der Waals surface area contributed by atoms with Gasteiger partial charge in [0, 0.05) is 28.6 Å². The molecule has 0 bridgehead atoms. The van der Waals surface area contributed by atoms with Crippen LogP contribution in [0.3, 0.4) is 0 Å². The Bertz CT molecular complexity index is 869. The van der Waals surface area contributed by atoms with E-state index in [0.717, 1.165) is 24.8 Å². The molecule has 2 aromatic rings. The lowest BCUT2D eigenvalue weighted by molar-refractivity contribution is -0.125. The van der Waals surface area contributed by atoms with Crippen LogP contribution in [0.1, 0.15) is 24.1 Å². The van der Waals surface area contributed by atoms with Gasteiger partial charge in [-0.1, -0.05) is 18.2 Å². The van der Waals surface area contributed by atoms with Crippen LogP contribution in [0.4, 0.5) is 0 Å². The predicted octanol–water partition coefficient (Wildman–Crippen LogP) is 1.58. The standard InChI is InChI=1S/C17H20N2O3S/c20-17(18-12-7-8-23(21,22)10-12)11-5-6-16-14(9-11)13-3-1-2-4-15(13)19-16/h1-4,11-12,19H,5-10H2,(H,18,20). The third-order valence-electron chi connectivity index (χ3n) is 5.04. The summed E-state index contributed by atoms with van der Waals surface area (Å²) in [7, 11) is -2.96. The molecule has 0 radical (unpaired) electrons. The number of carbonyl (C=O) groups excluding carboxylic acids is 1. The maximum atomic E-state index is 12.5. The van der Waals surface area contributed by atoms with Crippen molar-refractivity contribution in [1.82, 2.24) is 10.3 Å². The largest absolute Gasteiger partial charge is 0.358 e. The van der Waals surface area contributed by atoms with E-state index in [-0.39, 0.29) is 29.4 Å². The number of benzene rings is 1. The molecule has 1 aliphatic carbocycles. The number of rotatable bonds is 2. The second-order valence-electron chi connectivity index (χ2n) is 6.68. The number of carbonyl (C=O) groups is 1. The molecule has 1 fully saturated rings. The molecular formula is C17H20N2O3S. The van der Waals surface area contributed by atoms with E-state index < -0.39 is 9.84 Å². The zero-order valence-corrected chi connectivity index (χ0v) is 13.7. The minimum atomic E-state index is -2.96. The molecule has 122 valence electrons. The zero-order chi connectivity index (χ0) is 16.0. The first-order chi connectivity index (χ1) is 11.0. The van der Waals surface area contributed by atoms with Gasteiger partial charge in [-0.05, 0) is 37.3 Å². The Kier molecular flexibility index (Phi) is 3.44. The average molecular weight is 332 g/mol. The quantitative estimate of drug-likeness (QED) is 0.876.